The first-order valence-electron chi connectivity index (χ1n) is 10.6. The number of hydrogen-bond donors (Lipinski definition) is 1. The Morgan fingerprint density at radius 2 is 1.94 bits per heavy atom. The lowest BCUT2D eigenvalue weighted by Crippen LogP contribution is -2.26. The number of thioether (sulfide) groups is 1. The van der Waals surface area contributed by atoms with Gasteiger partial charge in [-0.1, -0.05) is 36.0 Å². The van der Waals surface area contributed by atoms with Gasteiger partial charge in [-0.25, -0.2) is 0 Å². The normalized spacial score (nSPS) is 10.8. The van der Waals surface area contributed by atoms with Crippen LogP contribution >= 0.6 is 11.8 Å². The first-order chi connectivity index (χ1) is 16.2. The molecular formula is C25H25N5O2S. The summed E-state index contributed by atoms with van der Waals surface area (Å²) in [7, 11) is 1.61. The number of pyridine rings is 1. The van der Waals surface area contributed by atoms with Crippen molar-refractivity contribution < 1.29 is 9.53 Å². The minimum Gasteiger partial charge on any atom is -0.383 e. The number of rotatable bonds is 9. The van der Waals surface area contributed by atoms with Crippen LogP contribution in [-0.4, -0.2) is 45.9 Å². The van der Waals surface area contributed by atoms with Crippen molar-refractivity contribution >= 4 is 17.7 Å². The molecule has 0 aliphatic carbocycles. The number of hydrogen-bond acceptors (Lipinski definition) is 6. The van der Waals surface area contributed by atoms with Gasteiger partial charge in [0, 0.05) is 48.6 Å². The maximum atomic E-state index is 12.2. The van der Waals surface area contributed by atoms with Crippen LogP contribution in [0.25, 0.3) is 17.1 Å². The molecule has 4 rings (SSSR count). The van der Waals surface area contributed by atoms with Crippen molar-refractivity contribution in [3.05, 3.63) is 89.7 Å². The number of ether oxygens (including phenoxy) is 1. The average Bonchev–Trinajstić information content (AvgIpc) is 3.28. The van der Waals surface area contributed by atoms with Gasteiger partial charge in [0.25, 0.3) is 5.91 Å². The standard InChI is InChI=1S/C25H25N5O2S/c1-18-5-3-7-22(15-18)30-23(21-6-4-12-26-16-21)28-29-25(30)33-17-19-8-10-20(11-9-19)24(31)27-13-14-32-2/h3-12,15-16H,13-14,17H2,1-2H3,(H,27,31). The summed E-state index contributed by atoms with van der Waals surface area (Å²) >= 11 is 1.60. The highest BCUT2D eigenvalue weighted by Crippen LogP contribution is 2.29. The number of amides is 1. The van der Waals surface area contributed by atoms with E-state index >= 15 is 0 Å². The fourth-order valence-corrected chi connectivity index (χ4v) is 4.22. The highest BCUT2D eigenvalue weighted by atomic mass is 32.2. The molecule has 0 aliphatic heterocycles. The van der Waals surface area contributed by atoms with E-state index in [1.807, 2.05) is 42.5 Å². The fourth-order valence-electron chi connectivity index (χ4n) is 3.31. The van der Waals surface area contributed by atoms with Gasteiger partial charge in [0.05, 0.1) is 6.61 Å². The molecule has 4 aromatic rings. The predicted molar refractivity (Wildman–Crippen MR) is 130 cm³/mol. The zero-order valence-corrected chi connectivity index (χ0v) is 19.4. The van der Waals surface area contributed by atoms with E-state index in [9.17, 15) is 4.79 Å². The topological polar surface area (TPSA) is 81.9 Å². The molecule has 33 heavy (non-hydrogen) atoms. The van der Waals surface area contributed by atoms with Crippen molar-refractivity contribution in [1.82, 2.24) is 25.1 Å². The highest BCUT2D eigenvalue weighted by molar-refractivity contribution is 7.98. The molecular weight excluding hydrogens is 434 g/mol. The second-order valence-corrected chi connectivity index (χ2v) is 8.40. The number of nitrogens with one attached hydrogen (secondary N) is 1. The number of benzene rings is 2. The summed E-state index contributed by atoms with van der Waals surface area (Å²) in [6, 6.07) is 19.7. The van der Waals surface area contributed by atoms with Crippen LogP contribution in [0.3, 0.4) is 0 Å². The molecule has 1 amide bonds. The van der Waals surface area contributed by atoms with Crippen molar-refractivity contribution in [2.45, 2.75) is 17.8 Å². The molecule has 0 spiro atoms. The van der Waals surface area contributed by atoms with Gasteiger partial charge < -0.3 is 10.1 Å². The van der Waals surface area contributed by atoms with Crippen LogP contribution in [0, 0.1) is 6.92 Å². The third-order valence-corrected chi connectivity index (χ3v) is 5.99. The largest absolute Gasteiger partial charge is 0.383 e. The van der Waals surface area contributed by atoms with Crippen molar-refractivity contribution in [3.8, 4) is 17.1 Å². The van der Waals surface area contributed by atoms with Crippen LogP contribution in [0.5, 0.6) is 0 Å². The second-order valence-electron chi connectivity index (χ2n) is 7.46. The number of nitrogens with zero attached hydrogens (tertiary/aromatic N) is 4. The second kappa shape index (κ2) is 10.9. The Morgan fingerprint density at radius 1 is 1.09 bits per heavy atom. The molecule has 0 saturated carbocycles. The van der Waals surface area contributed by atoms with Crippen molar-refractivity contribution in [2.75, 3.05) is 20.3 Å². The first kappa shape index (κ1) is 22.7. The van der Waals surface area contributed by atoms with Crippen LogP contribution in [-0.2, 0) is 10.5 Å². The minimum absolute atomic E-state index is 0.105. The van der Waals surface area contributed by atoms with Crippen molar-refractivity contribution in [2.24, 2.45) is 0 Å². The van der Waals surface area contributed by atoms with Gasteiger partial charge in [0.2, 0.25) is 0 Å². The van der Waals surface area contributed by atoms with E-state index in [0.29, 0.717) is 24.5 Å². The van der Waals surface area contributed by atoms with Gasteiger partial charge in [-0.15, -0.1) is 10.2 Å². The summed E-state index contributed by atoms with van der Waals surface area (Å²) in [5.74, 6) is 1.34. The first-order valence-corrected chi connectivity index (χ1v) is 11.6. The number of aromatic nitrogens is 4. The predicted octanol–water partition coefficient (Wildman–Crippen LogP) is 4.31. The van der Waals surface area contributed by atoms with Gasteiger partial charge in [0.1, 0.15) is 0 Å². The Labute approximate surface area is 197 Å². The smallest absolute Gasteiger partial charge is 0.251 e. The number of carbonyl (C=O) groups excluding carboxylic acids is 1. The van der Waals surface area contributed by atoms with Gasteiger partial charge in [-0.05, 0) is 54.4 Å². The zero-order chi connectivity index (χ0) is 23.0. The lowest BCUT2D eigenvalue weighted by molar-refractivity contribution is 0.0937. The molecule has 7 nitrogen and oxygen atoms in total. The van der Waals surface area contributed by atoms with Gasteiger partial charge in [-0.2, -0.15) is 0 Å². The summed E-state index contributed by atoms with van der Waals surface area (Å²) in [6.07, 6.45) is 3.54. The Hall–Kier alpha value is -3.49. The van der Waals surface area contributed by atoms with Gasteiger partial charge in [0.15, 0.2) is 11.0 Å². The van der Waals surface area contributed by atoms with E-state index in [1.165, 1.54) is 0 Å². The number of methoxy groups -OCH3 is 1. The summed E-state index contributed by atoms with van der Waals surface area (Å²) in [6.45, 7) is 3.04. The van der Waals surface area contributed by atoms with Crippen LogP contribution in [0.2, 0.25) is 0 Å². The van der Waals surface area contributed by atoms with Crippen LogP contribution in [0.15, 0.2) is 78.2 Å². The molecule has 0 bridgehead atoms. The maximum absolute atomic E-state index is 12.2. The minimum atomic E-state index is -0.105. The third-order valence-electron chi connectivity index (χ3n) is 4.99. The molecule has 1 N–H and O–H groups in total. The van der Waals surface area contributed by atoms with E-state index in [0.717, 1.165) is 33.4 Å². The van der Waals surface area contributed by atoms with E-state index in [2.05, 4.69) is 50.2 Å². The molecule has 0 atom stereocenters. The lowest BCUT2D eigenvalue weighted by atomic mass is 10.1. The number of aryl methyl sites for hydroxylation is 1. The SMILES string of the molecule is COCCNC(=O)c1ccc(CSc2nnc(-c3cccnc3)n2-c2cccc(C)c2)cc1. The van der Waals surface area contributed by atoms with Gasteiger partial charge >= 0.3 is 0 Å². The third kappa shape index (κ3) is 5.66. The van der Waals surface area contributed by atoms with Crippen LogP contribution in [0.4, 0.5) is 0 Å². The molecule has 0 aliphatic rings. The van der Waals surface area contributed by atoms with E-state index < -0.39 is 0 Å². The summed E-state index contributed by atoms with van der Waals surface area (Å²) in [4.78, 5) is 16.4. The monoisotopic (exact) mass is 459 g/mol. The quantitative estimate of drug-likeness (QED) is 0.297. The van der Waals surface area contributed by atoms with Crippen molar-refractivity contribution in [3.63, 3.8) is 0 Å². The molecule has 0 unspecified atom stereocenters. The van der Waals surface area contributed by atoms with E-state index in [1.54, 1.807) is 31.3 Å². The zero-order valence-electron chi connectivity index (χ0n) is 18.6. The average molecular weight is 460 g/mol. The highest BCUT2D eigenvalue weighted by Gasteiger charge is 2.16. The molecule has 0 saturated heterocycles. The Morgan fingerprint density at radius 3 is 2.67 bits per heavy atom. The Kier molecular flexibility index (Phi) is 7.49. The van der Waals surface area contributed by atoms with E-state index in [-0.39, 0.29) is 5.91 Å². The molecule has 0 fully saturated rings. The fraction of sp³-hybridized carbons (Fsp3) is 0.200. The molecule has 168 valence electrons. The van der Waals surface area contributed by atoms with Crippen molar-refractivity contribution in [1.29, 1.82) is 0 Å². The molecule has 2 aromatic heterocycles. The van der Waals surface area contributed by atoms with Gasteiger partial charge in [-0.3, -0.25) is 14.3 Å². The van der Waals surface area contributed by atoms with Crippen LogP contribution in [0.1, 0.15) is 21.5 Å². The Balaban J connectivity index is 1.54. The molecule has 2 heterocycles. The molecule has 8 heteroatoms. The lowest BCUT2D eigenvalue weighted by Gasteiger charge is -2.11. The van der Waals surface area contributed by atoms with Crippen LogP contribution < -0.4 is 5.32 Å². The summed E-state index contributed by atoms with van der Waals surface area (Å²) in [5.41, 5.74) is 4.79. The summed E-state index contributed by atoms with van der Waals surface area (Å²) in [5, 5.41) is 12.6. The summed E-state index contributed by atoms with van der Waals surface area (Å²) < 4.78 is 7.03. The molecule has 2 aromatic carbocycles. The Bertz CT molecular complexity index is 1210. The molecule has 0 radical (unpaired) electrons. The number of carbonyl (C=O) groups is 1. The van der Waals surface area contributed by atoms with E-state index in [4.69, 9.17) is 4.74 Å². The maximum Gasteiger partial charge on any atom is 0.251 e.